The molecule has 0 aromatic heterocycles. The van der Waals surface area contributed by atoms with E-state index in [1.165, 1.54) is 5.56 Å². The molecule has 1 aliphatic rings. The average Bonchev–Trinajstić information content (AvgIpc) is 2.34. The van der Waals surface area contributed by atoms with Gasteiger partial charge < -0.3 is 0 Å². The van der Waals surface area contributed by atoms with Gasteiger partial charge >= 0.3 is 0 Å². The highest BCUT2D eigenvalue weighted by molar-refractivity contribution is 6.10. The zero-order chi connectivity index (χ0) is 6.97. The summed E-state index contributed by atoms with van der Waals surface area (Å²) in [5.74, 6) is 0. The topological polar surface area (TPSA) is 14.0 Å². The summed E-state index contributed by atoms with van der Waals surface area (Å²) >= 11 is 0. The molecule has 0 saturated heterocycles. The number of hydrogen-bond donors (Lipinski definition) is 1. The molecule has 1 nitrogen and oxygen atoms in total. The van der Waals surface area contributed by atoms with Gasteiger partial charge in [0, 0.05) is 11.6 Å². The fraction of sp³-hybridized carbons (Fsp3) is 0. The molecule has 0 bridgehead atoms. The molecule has 2 rings (SSSR count). The number of allylic oxidation sites excluding steroid dienone is 1. The Labute approximate surface area is 59.7 Å². The third-order valence-electron chi connectivity index (χ3n) is 1.67. The van der Waals surface area contributed by atoms with Crippen LogP contribution >= 0.6 is 0 Å². The van der Waals surface area contributed by atoms with Crippen LogP contribution in [0.4, 0.5) is 5.69 Å². The van der Waals surface area contributed by atoms with Crippen LogP contribution in [0.15, 0.2) is 30.8 Å². The van der Waals surface area contributed by atoms with Crippen LogP contribution in [0.3, 0.4) is 0 Å². The molecule has 0 aliphatic carbocycles. The van der Waals surface area contributed by atoms with Crippen molar-refractivity contribution >= 4 is 17.5 Å². The van der Waals surface area contributed by atoms with Crippen molar-refractivity contribution in [1.29, 1.82) is 0 Å². The molecule has 48 valence electrons. The van der Waals surface area contributed by atoms with E-state index in [4.69, 9.17) is 0 Å². The number of para-hydroxylation sites is 1. The van der Waals surface area contributed by atoms with Crippen LogP contribution in [0.5, 0.6) is 0 Å². The molecule has 0 atom stereocenters. The zero-order valence-corrected chi connectivity index (χ0v) is 5.59. The van der Waals surface area contributed by atoms with Crippen molar-refractivity contribution < 1.29 is 4.99 Å². The van der Waals surface area contributed by atoms with Crippen molar-refractivity contribution in [1.82, 2.24) is 0 Å². The molecule has 1 heteroatoms. The van der Waals surface area contributed by atoms with Crippen LogP contribution in [0.2, 0.25) is 0 Å². The number of hydrogen-bond acceptors (Lipinski definition) is 0. The fourth-order valence-electron chi connectivity index (χ4n) is 1.13. The monoisotopic (exact) mass is 130 g/mol. The van der Waals surface area contributed by atoms with Gasteiger partial charge in [0.15, 0.2) is 6.21 Å². The van der Waals surface area contributed by atoms with Crippen LogP contribution in [0.1, 0.15) is 5.56 Å². The van der Waals surface area contributed by atoms with Crippen molar-refractivity contribution in [2.75, 3.05) is 0 Å². The highest BCUT2D eigenvalue weighted by atomic mass is 14.7. The van der Waals surface area contributed by atoms with Gasteiger partial charge in [-0.25, -0.2) is 4.99 Å². The average molecular weight is 130 g/mol. The lowest BCUT2D eigenvalue weighted by molar-refractivity contribution is -0.342. The summed E-state index contributed by atoms with van der Waals surface area (Å²) in [6.07, 6.45) is 1.92. The predicted molar refractivity (Wildman–Crippen MR) is 42.2 cm³/mol. The summed E-state index contributed by atoms with van der Waals surface area (Å²) in [7, 11) is 0. The number of fused-ring (bicyclic) bond motifs is 1. The van der Waals surface area contributed by atoms with E-state index in [0.717, 1.165) is 11.3 Å². The quantitative estimate of drug-likeness (QED) is 0.525. The maximum atomic E-state index is 3.88. The Morgan fingerprint density at radius 1 is 1.20 bits per heavy atom. The van der Waals surface area contributed by atoms with Crippen LogP contribution in [0, 0.1) is 0 Å². The maximum absolute atomic E-state index is 3.88. The van der Waals surface area contributed by atoms with Crippen molar-refractivity contribution in [2.24, 2.45) is 0 Å². The second-order valence-corrected chi connectivity index (χ2v) is 2.36. The second kappa shape index (κ2) is 1.81. The van der Waals surface area contributed by atoms with Gasteiger partial charge in [-0.3, -0.25) is 0 Å². The Bertz CT molecular complexity index is 310. The first-order valence-corrected chi connectivity index (χ1v) is 3.26. The lowest BCUT2D eigenvalue weighted by atomic mass is 10.1. The van der Waals surface area contributed by atoms with Crippen LogP contribution in [-0.4, -0.2) is 6.21 Å². The summed E-state index contributed by atoms with van der Waals surface area (Å²) in [4.78, 5) is 3.13. The van der Waals surface area contributed by atoms with Crippen LogP contribution in [-0.2, 0) is 0 Å². The SMILES string of the molecule is C=C1C=[NH+]c2ccccc21. The molecule has 0 unspecified atom stereocenters. The molecule has 1 aliphatic heterocycles. The van der Waals surface area contributed by atoms with E-state index in [1.54, 1.807) is 0 Å². The summed E-state index contributed by atoms with van der Waals surface area (Å²) in [5, 5.41) is 0. The van der Waals surface area contributed by atoms with E-state index in [9.17, 15) is 0 Å². The van der Waals surface area contributed by atoms with Gasteiger partial charge in [0.05, 0.1) is 5.56 Å². The van der Waals surface area contributed by atoms with Crippen molar-refractivity contribution in [2.45, 2.75) is 0 Å². The Morgan fingerprint density at radius 2 is 2.00 bits per heavy atom. The van der Waals surface area contributed by atoms with E-state index >= 15 is 0 Å². The third-order valence-corrected chi connectivity index (χ3v) is 1.67. The Morgan fingerprint density at radius 3 is 2.80 bits per heavy atom. The van der Waals surface area contributed by atoms with Gasteiger partial charge in [-0.2, -0.15) is 0 Å². The molecule has 0 spiro atoms. The standard InChI is InChI=1S/C9H7N/c1-7-6-10-9-5-3-2-4-8(7)9/h2-6H,1H2/p+1. The molecular formula is C9H8N+. The van der Waals surface area contributed by atoms with Gasteiger partial charge in [-0.1, -0.05) is 18.7 Å². The smallest absolute Gasteiger partial charge is 0.210 e. The van der Waals surface area contributed by atoms with Gasteiger partial charge in [-0.05, 0) is 6.07 Å². The minimum absolute atomic E-state index is 1.07. The van der Waals surface area contributed by atoms with Crippen molar-refractivity contribution in [3.05, 3.63) is 36.4 Å². The summed E-state index contributed by atoms with van der Waals surface area (Å²) < 4.78 is 0. The molecule has 0 saturated carbocycles. The molecule has 0 amide bonds. The fourth-order valence-corrected chi connectivity index (χ4v) is 1.13. The van der Waals surface area contributed by atoms with Crippen molar-refractivity contribution in [3.63, 3.8) is 0 Å². The highest BCUT2D eigenvalue weighted by Crippen LogP contribution is 2.18. The minimum Gasteiger partial charge on any atom is -0.210 e. The predicted octanol–water partition coefficient (Wildman–Crippen LogP) is 0.496. The van der Waals surface area contributed by atoms with E-state index in [1.807, 2.05) is 24.4 Å². The number of rotatable bonds is 0. The highest BCUT2D eigenvalue weighted by Gasteiger charge is 2.13. The first-order chi connectivity index (χ1) is 4.88. The maximum Gasteiger partial charge on any atom is 0.211 e. The first kappa shape index (κ1) is 5.42. The number of nitrogens with one attached hydrogen (secondary N) is 1. The molecule has 1 aromatic carbocycles. The molecule has 0 radical (unpaired) electrons. The molecule has 1 aromatic rings. The van der Waals surface area contributed by atoms with Gasteiger partial charge in [0.2, 0.25) is 5.69 Å². The first-order valence-electron chi connectivity index (χ1n) is 3.26. The summed E-state index contributed by atoms with van der Waals surface area (Å²) in [6.45, 7) is 3.88. The third kappa shape index (κ3) is 0.605. The molecular weight excluding hydrogens is 122 g/mol. The van der Waals surface area contributed by atoms with Crippen LogP contribution in [0.25, 0.3) is 5.57 Å². The molecule has 10 heavy (non-hydrogen) atoms. The lowest BCUT2D eigenvalue weighted by Crippen LogP contribution is -2.58. The van der Waals surface area contributed by atoms with Crippen molar-refractivity contribution in [3.8, 4) is 0 Å². The number of benzene rings is 1. The Hall–Kier alpha value is -1.37. The summed E-state index contributed by atoms with van der Waals surface area (Å²) in [6, 6.07) is 8.14. The molecule has 1 N–H and O–H groups in total. The zero-order valence-electron chi connectivity index (χ0n) is 5.59. The Kier molecular flexibility index (Phi) is 0.978. The lowest BCUT2D eigenvalue weighted by Gasteiger charge is -1.88. The Balaban J connectivity index is 2.70. The normalized spacial score (nSPS) is 13.8. The molecule has 0 fully saturated rings. The van der Waals surface area contributed by atoms with E-state index < -0.39 is 0 Å². The van der Waals surface area contributed by atoms with E-state index in [0.29, 0.717) is 0 Å². The van der Waals surface area contributed by atoms with Gasteiger partial charge in [-0.15, -0.1) is 0 Å². The minimum atomic E-state index is 1.07. The van der Waals surface area contributed by atoms with E-state index in [-0.39, 0.29) is 0 Å². The second-order valence-electron chi connectivity index (χ2n) is 2.36. The summed E-state index contributed by atoms with van der Waals surface area (Å²) in [5.41, 5.74) is 3.44. The molecule has 1 heterocycles. The van der Waals surface area contributed by atoms with Gasteiger partial charge in [0.1, 0.15) is 0 Å². The van der Waals surface area contributed by atoms with Gasteiger partial charge in [0.25, 0.3) is 0 Å². The van der Waals surface area contributed by atoms with Crippen LogP contribution < -0.4 is 4.99 Å². The largest absolute Gasteiger partial charge is 0.211 e. The van der Waals surface area contributed by atoms with E-state index in [2.05, 4.69) is 17.6 Å².